The van der Waals surface area contributed by atoms with E-state index in [2.05, 4.69) is 28.4 Å². The summed E-state index contributed by atoms with van der Waals surface area (Å²) in [6.45, 7) is 9.96. The van der Waals surface area contributed by atoms with E-state index in [4.69, 9.17) is 4.74 Å². The molecule has 7 heteroatoms. The Hall–Kier alpha value is -2.93. The first-order chi connectivity index (χ1) is 14.4. The van der Waals surface area contributed by atoms with Crippen LogP contribution in [0, 0.1) is 26.7 Å². The van der Waals surface area contributed by atoms with Crippen LogP contribution in [0.15, 0.2) is 41.8 Å². The van der Waals surface area contributed by atoms with E-state index in [1.165, 1.54) is 0 Å². The number of nitrogens with one attached hydrogen (secondary N) is 1. The SMILES string of the molecule is Cc1cc(C)n(CC(C)CNC(=O)C=Cc2ccc(OCc3csc(C)n3)cc2)n1. The van der Waals surface area contributed by atoms with Gasteiger partial charge in [0, 0.05) is 30.2 Å². The molecule has 158 valence electrons. The van der Waals surface area contributed by atoms with Crippen molar-refractivity contribution in [3.63, 3.8) is 0 Å². The molecule has 0 spiro atoms. The summed E-state index contributed by atoms with van der Waals surface area (Å²) in [6, 6.07) is 9.71. The van der Waals surface area contributed by atoms with Gasteiger partial charge in [-0.1, -0.05) is 19.1 Å². The van der Waals surface area contributed by atoms with Gasteiger partial charge in [-0.2, -0.15) is 5.10 Å². The van der Waals surface area contributed by atoms with Crippen LogP contribution in [0.5, 0.6) is 5.75 Å². The number of benzene rings is 1. The molecule has 3 aromatic rings. The normalized spacial score (nSPS) is 12.3. The maximum atomic E-state index is 12.1. The van der Waals surface area contributed by atoms with E-state index in [1.54, 1.807) is 23.5 Å². The molecule has 1 N–H and O–H groups in total. The van der Waals surface area contributed by atoms with E-state index >= 15 is 0 Å². The van der Waals surface area contributed by atoms with Crippen LogP contribution in [-0.4, -0.2) is 27.2 Å². The number of thiazole rings is 1. The Balaban J connectivity index is 1.42. The van der Waals surface area contributed by atoms with Crippen LogP contribution in [0.25, 0.3) is 6.08 Å². The first-order valence-corrected chi connectivity index (χ1v) is 10.9. The highest BCUT2D eigenvalue weighted by molar-refractivity contribution is 7.09. The van der Waals surface area contributed by atoms with Gasteiger partial charge in [0.05, 0.1) is 16.4 Å². The molecule has 0 saturated carbocycles. The first-order valence-electron chi connectivity index (χ1n) is 10.00. The lowest BCUT2D eigenvalue weighted by molar-refractivity contribution is -0.116. The third-order valence-electron chi connectivity index (χ3n) is 4.57. The number of carbonyl (C=O) groups excluding carboxylic acids is 1. The number of aromatic nitrogens is 3. The zero-order chi connectivity index (χ0) is 21.5. The fourth-order valence-corrected chi connectivity index (χ4v) is 3.63. The predicted octanol–water partition coefficient (Wildman–Crippen LogP) is 4.31. The number of amides is 1. The van der Waals surface area contributed by atoms with Crippen molar-refractivity contribution in [2.24, 2.45) is 5.92 Å². The van der Waals surface area contributed by atoms with Gasteiger partial charge in [0.1, 0.15) is 12.4 Å². The Bertz CT molecular complexity index is 1000. The number of hydrogen-bond acceptors (Lipinski definition) is 5. The zero-order valence-electron chi connectivity index (χ0n) is 17.9. The van der Waals surface area contributed by atoms with Gasteiger partial charge in [-0.3, -0.25) is 9.48 Å². The number of rotatable bonds is 9. The molecule has 0 fully saturated rings. The highest BCUT2D eigenvalue weighted by atomic mass is 32.1. The molecule has 1 amide bonds. The molecular formula is C23H28N4O2S. The minimum Gasteiger partial charge on any atom is -0.487 e. The van der Waals surface area contributed by atoms with Crippen molar-refractivity contribution in [1.29, 1.82) is 0 Å². The minimum absolute atomic E-state index is 0.102. The van der Waals surface area contributed by atoms with Crippen LogP contribution in [0.2, 0.25) is 0 Å². The van der Waals surface area contributed by atoms with E-state index in [0.717, 1.165) is 39.9 Å². The molecule has 2 heterocycles. The number of nitrogens with zero attached hydrogens (tertiary/aromatic N) is 3. The van der Waals surface area contributed by atoms with Gasteiger partial charge in [0.25, 0.3) is 0 Å². The van der Waals surface area contributed by atoms with Crippen LogP contribution >= 0.6 is 11.3 Å². The Morgan fingerprint density at radius 2 is 2.03 bits per heavy atom. The molecule has 1 unspecified atom stereocenters. The Labute approximate surface area is 181 Å². The van der Waals surface area contributed by atoms with Gasteiger partial charge in [-0.15, -0.1) is 11.3 Å². The van der Waals surface area contributed by atoms with Crippen molar-refractivity contribution < 1.29 is 9.53 Å². The van der Waals surface area contributed by atoms with Crippen molar-refractivity contribution in [3.8, 4) is 5.75 Å². The minimum atomic E-state index is -0.102. The highest BCUT2D eigenvalue weighted by Crippen LogP contribution is 2.16. The van der Waals surface area contributed by atoms with E-state index in [9.17, 15) is 4.79 Å². The molecule has 1 atom stereocenters. The van der Waals surface area contributed by atoms with E-state index in [1.807, 2.05) is 55.1 Å². The molecule has 0 aliphatic rings. The van der Waals surface area contributed by atoms with Crippen LogP contribution in [0.1, 0.15) is 34.6 Å². The quantitative estimate of drug-likeness (QED) is 0.520. The molecule has 2 aromatic heterocycles. The van der Waals surface area contributed by atoms with E-state index in [-0.39, 0.29) is 5.91 Å². The second-order valence-corrected chi connectivity index (χ2v) is 8.57. The third-order valence-corrected chi connectivity index (χ3v) is 5.40. The monoisotopic (exact) mass is 424 g/mol. The maximum Gasteiger partial charge on any atom is 0.244 e. The van der Waals surface area contributed by atoms with Gasteiger partial charge < -0.3 is 10.1 Å². The van der Waals surface area contributed by atoms with Crippen LogP contribution in [-0.2, 0) is 17.9 Å². The second-order valence-electron chi connectivity index (χ2n) is 7.51. The van der Waals surface area contributed by atoms with E-state index in [0.29, 0.717) is 19.1 Å². The number of aryl methyl sites for hydroxylation is 3. The largest absolute Gasteiger partial charge is 0.487 e. The van der Waals surface area contributed by atoms with Crippen LogP contribution < -0.4 is 10.1 Å². The summed E-state index contributed by atoms with van der Waals surface area (Å²) in [4.78, 5) is 16.5. The topological polar surface area (TPSA) is 69.0 Å². The average Bonchev–Trinajstić information content (AvgIpc) is 3.28. The Morgan fingerprint density at radius 3 is 2.67 bits per heavy atom. The zero-order valence-corrected chi connectivity index (χ0v) is 18.7. The number of ether oxygens (including phenoxy) is 1. The fraction of sp³-hybridized carbons (Fsp3) is 0.348. The lowest BCUT2D eigenvalue weighted by Gasteiger charge is -2.13. The lowest BCUT2D eigenvalue weighted by Crippen LogP contribution is -2.29. The summed E-state index contributed by atoms with van der Waals surface area (Å²) in [7, 11) is 0. The lowest BCUT2D eigenvalue weighted by atomic mass is 10.1. The average molecular weight is 425 g/mol. The summed E-state index contributed by atoms with van der Waals surface area (Å²) in [5.74, 6) is 0.966. The molecule has 0 aliphatic heterocycles. The van der Waals surface area contributed by atoms with Crippen molar-refractivity contribution in [1.82, 2.24) is 20.1 Å². The molecule has 6 nitrogen and oxygen atoms in total. The summed E-state index contributed by atoms with van der Waals surface area (Å²) < 4.78 is 7.73. The van der Waals surface area contributed by atoms with Crippen molar-refractivity contribution in [2.45, 2.75) is 40.8 Å². The van der Waals surface area contributed by atoms with Crippen molar-refractivity contribution in [2.75, 3.05) is 6.54 Å². The van der Waals surface area contributed by atoms with Gasteiger partial charge in [-0.05, 0) is 56.5 Å². The summed E-state index contributed by atoms with van der Waals surface area (Å²) in [6.07, 6.45) is 3.36. The Kier molecular flexibility index (Phi) is 7.41. The molecule has 1 aromatic carbocycles. The van der Waals surface area contributed by atoms with Gasteiger partial charge in [0.15, 0.2) is 0 Å². The standard InChI is InChI=1S/C23H28N4O2S/c1-16(13-27-18(3)11-17(2)26-27)12-24-23(28)10-7-20-5-8-22(9-6-20)29-14-21-15-30-19(4)25-21/h5-11,15-16H,12-14H2,1-4H3,(H,24,28). The van der Waals surface area contributed by atoms with Crippen molar-refractivity contribution >= 4 is 23.3 Å². The van der Waals surface area contributed by atoms with Gasteiger partial charge >= 0.3 is 0 Å². The maximum absolute atomic E-state index is 12.1. The molecule has 0 aliphatic carbocycles. The number of carbonyl (C=O) groups is 1. The summed E-state index contributed by atoms with van der Waals surface area (Å²) >= 11 is 1.62. The highest BCUT2D eigenvalue weighted by Gasteiger charge is 2.08. The predicted molar refractivity (Wildman–Crippen MR) is 121 cm³/mol. The molecule has 0 bridgehead atoms. The fourth-order valence-electron chi connectivity index (χ4n) is 3.03. The van der Waals surface area contributed by atoms with Gasteiger partial charge in [-0.25, -0.2) is 4.98 Å². The Morgan fingerprint density at radius 1 is 1.27 bits per heavy atom. The van der Waals surface area contributed by atoms with E-state index < -0.39 is 0 Å². The third kappa shape index (κ3) is 6.56. The van der Waals surface area contributed by atoms with Crippen molar-refractivity contribution in [3.05, 3.63) is 69.4 Å². The second kappa shape index (κ2) is 10.2. The van der Waals surface area contributed by atoms with Gasteiger partial charge in [0.2, 0.25) is 5.91 Å². The summed E-state index contributed by atoms with van der Waals surface area (Å²) in [5.41, 5.74) is 4.03. The first kappa shape index (κ1) is 21.8. The molecule has 0 saturated heterocycles. The summed E-state index contributed by atoms with van der Waals surface area (Å²) in [5, 5.41) is 10.5. The molecular weight excluding hydrogens is 396 g/mol. The molecule has 0 radical (unpaired) electrons. The molecule has 3 rings (SSSR count). The van der Waals surface area contributed by atoms with Crippen LogP contribution in [0.3, 0.4) is 0 Å². The number of hydrogen-bond donors (Lipinski definition) is 1. The van der Waals surface area contributed by atoms with Crippen LogP contribution in [0.4, 0.5) is 0 Å². The smallest absolute Gasteiger partial charge is 0.244 e. The molecule has 30 heavy (non-hydrogen) atoms.